The Morgan fingerprint density at radius 2 is 1.12 bits per heavy atom. The molecule has 2 aromatic carbocycles. The molecule has 2 rings (SSSR count). The largest absolute Gasteiger partial charge is 0.508 e. The van der Waals surface area contributed by atoms with Crippen LogP contribution >= 0.6 is 21.6 Å². The smallest absolute Gasteiger partial charge is 0.120 e. The van der Waals surface area contributed by atoms with Gasteiger partial charge in [0.25, 0.3) is 0 Å². The summed E-state index contributed by atoms with van der Waals surface area (Å²) in [6.45, 7) is 0. The molecule has 0 fully saturated rings. The van der Waals surface area contributed by atoms with Crippen molar-refractivity contribution < 1.29 is 10.2 Å². The highest BCUT2D eigenvalue weighted by atomic mass is 33.1. The first-order valence-electron chi connectivity index (χ1n) is 7.82. The minimum absolute atomic E-state index is 0.0989. The summed E-state index contributed by atoms with van der Waals surface area (Å²) in [5, 5.41) is 26.5. The fraction of sp³-hybridized carbons (Fsp3) is 0.333. The van der Waals surface area contributed by atoms with E-state index in [1.165, 1.54) is 0 Å². The lowest BCUT2D eigenvalue weighted by molar-refractivity contribution is 0.458. The van der Waals surface area contributed by atoms with E-state index >= 15 is 0 Å². The highest BCUT2D eigenvalue weighted by Gasteiger charge is 2.16. The SMILES string of the molecule is CN[C@@H](CSSC[C@@H](NC)c1ccccc1O)c1ccccc1O. The van der Waals surface area contributed by atoms with Crippen LogP contribution in [0.15, 0.2) is 48.5 Å². The van der Waals surface area contributed by atoms with Gasteiger partial charge in [0, 0.05) is 34.7 Å². The summed E-state index contributed by atoms with van der Waals surface area (Å²) in [6, 6.07) is 15.1. The van der Waals surface area contributed by atoms with Crippen LogP contribution in [0.2, 0.25) is 0 Å². The number of phenols is 2. The van der Waals surface area contributed by atoms with Crippen LogP contribution in [0, 0.1) is 0 Å². The van der Waals surface area contributed by atoms with E-state index in [9.17, 15) is 10.2 Å². The van der Waals surface area contributed by atoms with Crippen LogP contribution in [0.4, 0.5) is 0 Å². The maximum atomic E-state index is 9.98. The Morgan fingerprint density at radius 3 is 1.46 bits per heavy atom. The van der Waals surface area contributed by atoms with Crippen molar-refractivity contribution in [2.45, 2.75) is 12.1 Å². The number of nitrogens with one attached hydrogen (secondary N) is 2. The Labute approximate surface area is 151 Å². The van der Waals surface area contributed by atoms with Crippen LogP contribution in [0.5, 0.6) is 11.5 Å². The summed E-state index contributed by atoms with van der Waals surface area (Å²) in [6.07, 6.45) is 0. The van der Waals surface area contributed by atoms with Gasteiger partial charge in [-0.3, -0.25) is 0 Å². The van der Waals surface area contributed by atoms with E-state index in [4.69, 9.17) is 0 Å². The van der Waals surface area contributed by atoms with Crippen molar-refractivity contribution in [1.82, 2.24) is 10.6 Å². The summed E-state index contributed by atoms with van der Waals surface area (Å²) in [4.78, 5) is 0. The molecule has 24 heavy (non-hydrogen) atoms. The number of hydrogen-bond donors (Lipinski definition) is 4. The molecule has 0 heterocycles. The maximum absolute atomic E-state index is 9.98. The zero-order valence-electron chi connectivity index (χ0n) is 13.9. The molecule has 0 aromatic heterocycles. The predicted octanol–water partition coefficient (Wildman–Crippen LogP) is 3.70. The Balaban J connectivity index is 1.87. The molecular weight excluding hydrogens is 340 g/mol. The van der Waals surface area contributed by atoms with E-state index in [1.54, 1.807) is 33.7 Å². The van der Waals surface area contributed by atoms with E-state index in [0.29, 0.717) is 11.5 Å². The fourth-order valence-electron chi connectivity index (χ4n) is 2.45. The normalized spacial score (nSPS) is 13.6. The summed E-state index contributed by atoms with van der Waals surface area (Å²) in [5.41, 5.74) is 1.83. The molecule has 0 bridgehead atoms. The van der Waals surface area contributed by atoms with Crippen molar-refractivity contribution in [3.8, 4) is 11.5 Å². The molecule has 0 amide bonds. The molecule has 0 spiro atoms. The quantitative estimate of drug-likeness (QED) is 0.402. The number of para-hydroxylation sites is 2. The van der Waals surface area contributed by atoms with Crippen molar-refractivity contribution in [2.24, 2.45) is 0 Å². The first-order chi connectivity index (χ1) is 11.7. The van der Waals surface area contributed by atoms with Crippen molar-refractivity contribution >= 4 is 21.6 Å². The highest BCUT2D eigenvalue weighted by Crippen LogP contribution is 2.34. The molecule has 2 aromatic rings. The fourth-order valence-corrected chi connectivity index (χ4v) is 5.00. The van der Waals surface area contributed by atoms with Crippen molar-refractivity contribution in [3.63, 3.8) is 0 Å². The van der Waals surface area contributed by atoms with Gasteiger partial charge in [0.1, 0.15) is 11.5 Å². The second-order valence-corrected chi connectivity index (χ2v) is 7.92. The molecule has 4 N–H and O–H groups in total. The minimum atomic E-state index is 0.0989. The van der Waals surface area contributed by atoms with E-state index in [1.807, 2.05) is 50.5 Å². The Morgan fingerprint density at radius 1 is 0.750 bits per heavy atom. The summed E-state index contributed by atoms with van der Waals surface area (Å²) in [5.74, 6) is 2.33. The summed E-state index contributed by atoms with van der Waals surface area (Å²) < 4.78 is 0. The average Bonchev–Trinajstić information content (AvgIpc) is 2.60. The number of rotatable bonds is 9. The number of hydrogen-bond acceptors (Lipinski definition) is 6. The lowest BCUT2D eigenvalue weighted by atomic mass is 10.1. The second kappa shape index (κ2) is 9.84. The highest BCUT2D eigenvalue weighted by molar-refractivity contribution is 8.76. The molecule has 0 saturated heterocycles. The predicted molar refractivity (Wildman–Crippen MR) is 105 cm³/mol. The lowest BCUT2D eigenvalue weighted by Gasteiger charge is -2.19. The lowest BCUT2D eigenvalue weighted by Crippen LogP contribution is -2.20. The van der Waals surface area contributed by atoms with Gasteiger partial charge in [-0.25, -0.2) is 0 Å². The molecule has 6 heteroatoms. The van der Waals surface area contributed by atoms with Crippen LogP contribution in [-0.4, -0.2) is 35.8 Å². The number of aromatic hydroxyl groups is 2. The van der Waals surface area contributed by atoms with Gasteiger partial charge < -0.3 is 20.8 Å². The van der Waals surface area contributed by atoms with Crippen LogP contribution in [0.3, 0.4) is 0 Å². The molecule has 0 aliphatic rings. The van der Waals surface area contributed by atoms with Gasteiger partial charge in [0.15, 0.2) is 0 Å². The number of phenolic OH excluding ortho intramolecular Hbond substituents is 2. The van der Waals surface area contributed by atoms with E-state index < -0.39 is 0 Å². The molecule has 0 saturated carbocycles. The van der Waals surface area contributed by atoms with Crippen molar-refractivity contribution in [2.75, 3.05) is 25.6 Å². The van der Waals surface area contributed by atoms with Gasteiger partial charge in [-0.15, -0.1) is 0 Å². The maximum Gasteiger partial charge on any atom is 0.120 e. The average molecular weight is 365 g/mol. The first-order valence-corrected chi connectivity index (χ1v) is 10.3. The molecule has 130 valence electrons. The van der Waals surface area contributed by atoms with Crippen LogP contribution in [-0.2, 0) is 0 Å². The third kappa shape index (κ3) is 5.08. The Kier molecular flexibility index (Phi) is 7.78. The molecule has 0 aliphatic heterocycles. The molecule has 0 unspecified atom stereocenters. The standard InChI is InChI=1S/C18H24N2O2S2/c1-19-15(13-7-3-5-9-17(13)21)11-23-24-12-16(20-2)14-8-4-6-10-18(14)22/h3-10,15-16,19-22H,11-12H2,1-2H3/t15-,16+. The van der Waals surface area contributed by atoms with Crippen molar-refractivity contribution in [3.05, 3.63) is 59.7 Å². The Bertz CT molecular complexity index is 584. The molecule has 0 aliphatic carbocycles. The molecule has 4 nitrogen and oxygen atoms in total. The van der Waals surface area contributed by atoms with Gasteiger partial charge in [0.05, 0.1) is 0 Å². The van der Waals surface area contributed by atoms with Crippen LogP contribution in [0.1, 0.15) is 23.2 Å². The van der Waals surface area contributed by atoms with E-state index in [0.717, 1.165) is 22.6 Å². The Hall–Kier alpha value is -1.34. The zero-order valence-corrected chi connectivity index (χ0v) is 15.5. The molecule has 2 atom stereocenters. The number of benzene rings is 2. The van der Waals surface area contributed by atoms with Gasteiger partial charge in [-0.1, -0.05) is 58.0 Å². The third-order valence-electron chi connectivity index (χ3n) is 3.87. The van der Waals surface area contributed by atoms with Gasteiger partial charge >= 0.3 is 0 Å². The zero-order chi connectivity index (χ0) is 17.4. The van der Waals surface area contributed by atoms with Gasteiger partial charge in [-0.05, 0) is 26.2 Å². The minimum Gasteiger partial charge on any atom is -0.508 e. The van der Waals surface area contributed by atoms with Gasteiger partial charge in [0.2, 0.25) is 0 Å². The van der Waals surface area contributed by atoms with Crippen molar-refractivity contribution in [1.29, 1.82) is 0 Å². The van der Waals surface area contributed by atoms with Crippen LogP contribution < -0.4 is 10.6 Å². The molecular formula is C18H24N2O2S2. The summed E-state index contributed by atoms with van der Waals surface area (Å²) in [7, 11) is 7.32. The van der Waals surface area contributed by atoms with Crippen LogP contribution in [0.25, 0.3) is 0 Å². The third-order valence-corrected chi connectivity index (χ3v) is 6.30. The topological polar surface area (TPSA) is 64.5 Å². The summed E-state index contributed by atoms with van der Waals surface area (Å²) >= 11 is 0. The molecule has 0 radical (unpaired) electrons. The van der Waals surface area contributed by atoms with E-state index in [-0.39, 0.29) is 12.1 Å². The first kappa shape index (κ1) is 19.0. The monoisotopic (exact) mass is 364 g/mol. The van der Waals surface area contributed by atoms with E-state index in [2.05, 4.69) is 10.6 Å². The second-order valence-electron chi connectivity index (χ2n) is 5.37. The van der Waals surface area contributed by atoms with Gasteiger partial charge in [-0.2, -0.15) is 0 Å².